The van der Waals surface area contributed by atoms with Crippen molar-refractivity contribution in [3.8, 4) is 11.8 Å². The van der Waals surface area contributed by atoms with E-state index in [1.807, 2.05) is 30.3 Å². The number of hydroxylamine groups is 1. The summed E-state index contributed by atoms with van der Waals surface area (Å²) in [6.45, 7) is 2.13. The summed E-state index contributed by atoms with van der Waals surface area (Å²) in [5, 5.41) is 19.2. The van der Waals surface area contributed by atoms with E-state index in [2.05, 4.69) is 11.8 Å². The van der Waals surface area contributed by atoms with E-state index < -0.39 is 26.1 Å². The second-order valence-corrected chi connectivity index (χ2v) is 12.2. The molecule has 4 rings (SSSR count). The van der Waals surface area contributed by atoms with Crippen molar-refractivity contribution in [1.82, 2.24) is 10.4 Å². The molecule has 3 heterocycles. The summed E-state index contributed by atoms with van der Waals surface area (Å²) in [4.78, 5) is 27.5. The molecule has 9 nitrogen and oxygen atoms in total. The standard InChI is InChI=1S/C23H24N2O7S2/c1-22(21(27)24-29,34(2,30)31)9-10-25-12-16-11-18(33-19(16)20(25)26)8-5-15-3-6-17(7-4-15)23(28)13-32-14-23/h3-4,6-7,11,28-29H,9-10,12-14H2,1-2H3,(H,24,27)/t22-/m1/s1. The van der Waals surface area contributed by atoms with Gasteiger partial charge in [-0.15, -0.1) is 11.3 Å². The molecule has 0 radical (unpaired) electrons. The van der Waals surface area contributed by atoms with Crippen LogP contribution in [-0.2, 0) is 31.5 Å². The molecule has 1 aromatic carbocycles. The van der Waals surface area contributed by atoms with Crippen LogP contribution < -0.4 is 5.48 Å². The number of ether oxygens (including phenoxy) is 1. The van der Waals surface area contributed by atoms with E-state index in [0.717, 1.165) is 27.8 Å². The number of fused-ring (bicyclic) bond motifs is 1. The quantitative estimate of drug-likeness (QED) is 0.304. The number of nitrogens with one attached hydrogen (secondary N) is 1. The van der Waals surface area contributed by atoms with Gasteiger partial charge in [0.1, 0.15) is 5.60 Å². The average Bonchev–Trinajstić information content (AvgIpc) is 3.31. The molecule has 2 aliphatic heterocycles. The van der Waals surface area contributed by atoms with Crippen LogP contribution in [0.2, 0.25) is 0 Å². The van der Waals surface area contributed by atoms with Crippen molar-refractivity contribution >= 4 is 33.0 Å². The van der Waals surface area contributed by atoms with Gasteiger partial charge in [0.15, 0.2) is 14.6 Å². The fourth-order valence-corrected chi connectivity index (χ4v) is 5.62. The molecule has 2 aliphatic rings. The first-order valence-electron chi connectivity index (χ1n) is 10.5. The van der Waals surface area contributed by atoms with E-state index >= 15 is 0 Å². The highest BCUT2D eigenvalue weighted by Crippen LogP contribution is 2.32. The van der Waals surface area contributed by atoms with Gasteiger partial charge in [-0.25, -0.2) is 13.9 Å². The van der Waals surface area contributed by atoms with Gasteiger partial charge in [-0.05, 0) is 42.7 Å². The van der Waals surface area contributed by atoms with Gasteiger partial charge < -0.3 is 14.7 Å². The van der Waals surface area contributed by atoms with Crippen molar-refractivity contribution < 1.29 is 33.1 Å². The molecule has 0 saturated carbocycles. The molecule has 1 aromatic heterocycles. The first-order valence-corrected chi connectivity index (χ1v) is 13.2. The van der Waals surface area contributed by atoms with Gasteiger partial charge in [0.2, 0.25) is 0 Å². The molecule has 2 amide bonds. The number of sulfone groups is 1. The third-order valence-electron chi connectivity index (χ3n) is 6.34. The van der Waals surface area contributed by atoms with Crippen molar-refractivity contribution in [3.63, 3.8) is 0 Å². The Morgan fingerprint density at radius 2 is 1.97 bits per heavy atom. The summed E-state index contributed by atoms with van der Waals surface area (Å²) in [6.07, 6.45) is 0.774. The van der Waals surface area contributed by atoms with Crippen molar-refractivity contribution in [2.24, 2.45) is 0 Å². The molecule has 11 heteroatoms. The zero-order chi connectivity index (χ0) is 24.7. The SMILES string of the molecule is C[C@@](CCN1Cc2cc(C#Cc3ccc(C4(O)COC4)cc3)sc2C1=O)(C(=O)NO)S(C)(=O)=O. The third-order valence-corrected chi connectivity index (χ3v) is 9.45. The topological polar surface area (TPSA) is 133 Å². The van der Waals surface area contributed by atoms with Gasteiger partial charge in [0.05, 0.1) is 23.0 Å². The maximum atomic E-state index is 12.8. The Hall–Kier alpha value is -2.75. The van der Waals surface area contributed by atoms with Gasteiger partial charge in [0, 0.05) is 24.9 Å². The third kappa shape index (κ3) is 4.35. The first kappa shape index (κ1) is 24.4. The number of hydrogen-bond donors (Lipinski definition) is 3. The minimum Gasteiger partial charge on any atom is -0.380 e. The number of carbonyl (C=O) groups is 2. The minimum absolute atomic E-state index is 0.0436. The molecule has 0 spiro atoms. The van der Waals surface area contributed by atoms with Crippen LogP contribution in [0.3, 0.4) is 0 Å². The van der Waals surface area contributed by atoms with Gasteiger partial charge in [-0.2, -0.15) is 0 Å². The van der Waals surface area contributed by atoms with Gasteiger partial charge in [-0.3, -0.25) is 14.8 Å². The number of amides is 2. The summed E-state index contributed by atoms with van der Waals surface area (Å²) < 4.78 is 27.5. The highest BCUT2D eigenvalue weighted by Gasteiger charge is 2.44. The van der Waals surface area contributed by atoms with Gasteiger partial charge in [0.25, 0.3) is 11.8 Å². The normalized spacial score (nSPS) is 18.4. The molecular weight excluding hydrogens is 480 g/mol. The second kappa shape index (κ2) is 8.79. The Bertz CT molecular complexity index is 1300. The first-order chi connectivity index (χ1) is 16.0. The van der Waals surface area contributed by atoms with Crippen molar-refractivity contribution in [2.75, 3.05) is 26.0 Å². The predicted molar refractivity (Wildman–Crippen MR) is 124 cm³/mol. The highest BCUT2D eigenvalue weighted by atomic mass is 32.2. The number of benzene rings is 1. The number of carbonyl (C=O) groups excluding carboxylic acids is 2. The maximum absolute atomic E-state index is 12.8. The molecule has 34 heavy (non-hydrogen) atoms. The summed E-state index contributed by atoms with van der Waals surface area (Å²) in [5.74, 6) is 4.85. The minimum atomic E-state index is -3.83. The van der Waals surface area contributed by atoms with Crippen LogP contribution in [0.4, 0.5) is 0 Å². The van der Waals surface area contributed by atoms with E-state index in [4.69, 9.17) is 9.94 Å². The highest BCUT2D eigenvalue weighted by molar-refractivity contribution is 7.92. The Labute approximate surface area is 201 Å². The molecule has 3 N–H and O–H groups in total. The molecule has 0 aliphatic carbocycles. The molecule has 0 bridgehead atoms. The Morgan fingerprint density at radius 1 is 1.29 bits per heavy atom. The van der Waals surface area contributed by atoms with Crippen LogP contribution in [0.1, 0.15) is 44.6 Å². The predicted octanol–water partition coefficient (Wildman–Crippen LogP) is 1.02. The summed E-state index contributed by atoms with van der Waals surface area (Å²) in [5.41, 5.74) is 2.85. The van der Waals surface area contributed by atoms with Crippen molar-refractivity contribution in [3.05, 3.63) is 56.8 Å². The van der Waals surface area contributed by atoms with Crippen LogP contribution in [0.15, 0.2) is 30.3 Å². The molecular formula is C23H24N2O7S2. The number of hydrogen-bond acceptors (Lipinski definition) is 8. The van der Waals surface area contributed by atoms with E-state index in [0.29, 0.717) is 11.4 Å². The van der Waals surface area contributed by atoms with Crippen molar-refractivity contribution in [2.45, 2.75) is 30.2 Å². The van der Waals surface area contributed by atoms with Crippen LogP contribution in [-0.4, -0.2) is 66.2 Å². The lowest BCUT2D eigenvalue weighted by Gasteiger charge is -2.36. The van der Waals surface area contributed by atoms with Crippen LogP contribution in [0.5, 0.6) is 0 Å². The zero-order valence-corrected chi connectivity index (χ0v) is 20.3. The molecule has 1 fully saturated rings. The molecule has 1 atom stereocenters. The summed E-state index contributed by atoms with van der Waals surface area (Å²) in [7, 11) is -3.83. The lowest BCUT2D eigenvalue weighted by atomic mass is 9.91. The average molecular weight is 505 g/mol. The van der Waals surface area contributed by atoms with E-state index in [-0.39, 0.29) is 32.1 Å². The van der Waals surface area contributed by atoms with E-state index in [1.54, 1.807) is 0 Å². The Balaban J connectivity index is 1.42. The molecule has 2 aromatic rings. The van der Waals surface area contributed by atoms with Gasteiger partial charge in [-0.1, -0.05) is 24.0 Å². The van der Waals surface area contributed by atoms with Crippen LogP contribution in [0.25, 0.3) is 0 Å². The molecule has 1 saturated heterocycles. The van der Waals surface area contributed by atoms with Crippen molar-refractivity contribution in [1.29, 1.82) is 0 Å². The Kier molecular flexibility index (Phi) is 6.30. The number of rotatable bonds is 6. The molecule has 180 valence electrons. The fraction of sp³-hybridized carbons (Fsp3) is 0.391. The Morgan fingerprint density at radius 3 is 2.50 bits per heavy atom. The number of nitrogens with zero attached hydrogens (tertiary/aromatic N) is 1. The largest absolute Gasteiger partial charge is 0.380 e. The summed E-state index contributed by atoms with van der Waals surface area (Å²) >= 11 is 1.26. The number of aliphatic hydroxyl groups is 1. The second-order valence-electron chi connectivity index (χ2n) is 8.74. The fourth-order valence-electron chi connectivity index (χ4n) is 3.78. The summed E-state index contributed by atoms with van der Waals surface area (Å²) in [6, 6.07) is 9.14. The number of thiophene rings is 1. The zero-order valence-electron chi connectivity index (χ0n) is 18.6. The molecule has 0 unspecified atom stereocenters. The smallest absolute Gasteiger partial charge is 0.264 e. The lowest BCUT2D eigenvalue weighted by Crippen LogP contribution is -2.50. The monoisotopic (exact) mass is 504 g/mol. The van der Waals surface area contributed by atoms with Crippen LogP contribution in [0, 0.1) is 11.8 Å². The maximum Gasteiger partial charge on any atom is 0.264 e. The van der Waals surface area contributed by atoms with Gasteiger partial charge >= 0.3 is 0 Å². The lowest BCUT2D eigenvalue weighted by molar-refractivity contribution is -0.184. The van der Waals surface area contributed by atoms with E-state index in [9.17, 15) is 23.1 Å². The van der Waals surface area contributed by atoms with Crippen LogP contribution >= 0.6 is 11.3 Å². The van der Waals surface area contributed by atoms with E-state index in [1.165, 1.54) is 28.6 Å².